The van der Waals surface area contributed by atoms with Crippen LogP contribution in [-0.4, -0.2) is 36.5 Å². The van der Waals surface area contributed by atoms with Gasteiger partial charge in [0.1, 0.15) is 0 Å². The van der Waals surface area contributed by atoms with Crippen LogP contribution >= 0.6 is 11.8 Å². The lowest BCUT2D eigenvalue weighted by Crippen LogP contribution is -2.43. The van der Waals surface area contributed by atoms with Gasteiger partial charge in [0.05, 0.1) is 13.1 Å². The zero-order valence-corrected chi connectivity index (χ0v) is 11.2. The number of thioether (sulfide) groups is 1. The predicted octanol–water partition coefficient (Wildman–Crippen LogP) is 1.25. The smallest absolute Gasteiger partial charge is 0.234 e. The van der Waals surface area contributed by atoms with E-state index in [1.165, 1.54) is 0 Å². The number of nitrogens with one attached hydrogen (secondary N) is 2. The number of carbonyl (C=O) groups excluding carboxylic acids is 1. The van der Waals surface area contributed by atoms with Crippen molar-refractivity contribution in [3.8, 4) is 12.3 Å². The summed E-state index contributed by atoms with van der Waals surface area (Å²) >= 11 is 1.82. The summed E-state index contributed by atoms with van der Waals surface area (Å²) in [5, 5.41) is 5.81. The first kappa shape index (κ1) is 15.3. The van der Waals surface area contributed by atoms with Crippen molar-refractivity contribution in [1.29, 1.82) is 0 Å². The van der Waals surface area contributed by atoms with Gasteiger partial charge in [0.25, 0.3) is 0 Å². The van der Waals surface area contributed by atoms with Crippen LogP contribution in [0.3, 0.4) is 0 Å². The summed E-state index contributed by atoms with van der Waals surface area (Å²) in [5.41, 5.74) is 0. The van der Waals surface area contributed by atoms with Gasteiger partial charge in [-0.15, -0.1) is 6.42 Å². The molecule has 0 rings (SSSR count). The normalized spacial score (nSPS) is 10.9. The monoisotopic (exact) mass is 242 g/mol. The molecular formula is C12H22N2OS. The second-order valence-electron chi connectivity index (χ2n) is 3.68. The Hall–Kier alpha value is -0.660. The second kappa shape index (κ2) is 8.49. The average molecular weight is 242 g/mol. The minimum Gasteiger partial charge on any atom is -0.354 e. The fourth-order valence-electron chi connectivity index (χ4n) is 1.43. The van der Waals surface area contributed by atoms with Crippen LogP contribution in [0.25, 0.3) is 0 Å². The fourth-order valence-corrected chi connectivity index (χ4v) is 2.23. The van der Waals surface area contributed by atoms with Crippen LogP contribution in [0, 0.1) is 12.3 Å². The van der Waals surface area contributed by atoms with E-state index in [1.54, 1.807) is 0 Å². The summed E-state index contributed by atoms with van der Waals surface area (Å²) < 4.78 is 0.168. The van der Waals surface area contributed by atoms with Crippen molar-refractivity contribution in [3.05, 3.63) is 0 Å². The van der Waals surface area contributed by atoms with Gasteiger partial charge in [-0.1, -0.05) is 19.8 Å². The minimum atomic E-state index is 0.00979. The molecule has 16 heavy (non-hydrogen) atoms. The summed E-state index contributed by atoms with van der Waals surface area (Å²) in [6.45, 7) is 5.76. The molecule has 0 aromatic rings. The first-order valence-electron chi connectivity index (χ1n) is 5.60. The van der Waals surface area contributed by atoms with Gasteiger partial charge in [0.15, 0.2) is 0 Å². The predicted molar refractivity (Wildman–Crippen MR) is 71.5 cm³/mol. The van der Waals surface area contributed by atoms with E-state index in [1.807, 2.05) is 11.8 Å². The lowest BCUT2D eigenvalue weighted by molar-refractivity contribution is -0.120. The summed E-state index contributed by atoms with van der Waals surface area (Å²) in [6.07, 6.45) is 9.28. The van der Waals surface area contributed by atoms with Gasteiger partial charge in [-0.25, -0.2) is 0 Å². The van der Waals surface area contributed by atoms with Crippen molar-refractivity contribution in [3.63, 3.8) is 0 Å². The van der Waals surface area contributed by atoms with Gasteiger partial charge >= 0.3 is 0 Å². The van der Waals surface area contributed by atoms with Crippen molar-refractivity contribution >= 4 is 17.7 Å². The highest BCUT2D eigenvalue weighted by atomic mass is 32.2. The maximum atomic E-state index is 11.5. The molecule has 0 bridgehead atoms. The van der Waals surface area contributed by atoms with Crippen molar-refractivity contribution in [2.24, 2.45) is 0 Å². The Morgan fingerprint density at radius 3 is 2.50 bits per heavy atom. The summed E-state index contributed by atoms with van der Waals surface area (Å²) in [7, 11) is 0. The Bertz CT molecular complexity index is 236. The van der Waals surface area contributed by atoms with Crippen LogP contribution in [0.5, 0.6) is 0 Å². The van der Waals surface area contributed by atoms with E-state index in [0.717, 1.165) is 19.4 Å². The largest absolute Gasteiger partial charge is 0.354 e. The number of carbonyl (C=O) groups is 1. The number of terminal acetylenes is 1. The fraction of sp³-hybridized carbons (Fsp3) is 0.750. The molecule has 92 valence electrons. The number of hydrogen-bond acceptors (Lipinski definition) is 3. The van der Waals surface area contributed by atoms with Crippen LogP contribution in [0.15, 0.2) is 0 Å². The SMILES string of the molecule is C#CCNCC(=O)NCC(CC)(CC)SC. The van der Waals surface area contributed by atoms with Crippen LogP contribution in [-0.2, 0) is 4.79 Å². The highest BCUT2D eigenvalue weighted by Gasteiger charge is 2.25. The van der Waals surface area contributed by atoms with Crippen LogP contribution in [0.2, 0.25) is 0 Å². The molecule has 3 nitrogen and oxygen atoms in total. The molecule has 0 saturated carbocycles. The van der Waals surface area contributed by atoms with Gasteiger partial charge in [0, 0.05) is 11.3 Å². The topological polar surface area (TPSA) is 41.1 Å². The molecule has 2 N–H and O–H groups in total. The van der Waals surface area contributed by atoms with Crippen LogP contribution in [0.1, 0.15) is 26.7 Å². The van der Waals surface area contributed by atoms with E-state index in [0.29, 0.717) is 13.1 Å². The van der Waals surface area contributed by atoms with Gasteiger partial charge in [-0.3, -0.25) is 10.1 Å². The zero-order valence-electron chi connectivity index (χ0n) is 10.4. The van der Waals surface area contributed by atoms with E-state index in [-0.39, 0.29) is 10.7 Å². The van der Waals surface area contributed by atoms with E-state index in [2.05, 4.69) is 36.7 Å². The molecule has 0 fully saturated rings. The zero-order chi connectivity index (χ0) is 12.4. The van der Waals surface area contributed by atoms with Gasteiger partial charge in [-0.2, -0.15) is 11.8 Å². The first-order chi connectivity index (χ1) is 7.64. The molecule has 0 radical (unpaired) electrons. The van der Waals surface area contributed by atoms with Crippen LogP contribution in [0.4, 0.5) is 0 Å². The number of hydrogen-bond donors (Lipinski definition) is 2. The Kier molecular flexibility index (Phi) is 8.14. The number of rotatable bonds is 8. The van der Waals surface area contributed by atoms with E-state index in [4.69, 9.17) is 6.42 Å². The van der Waals surface area contributed by atoms with E-state index < -0.39 is 0 Å². The van der Waals surface area contributed by atoms with Crippen molar-refractivity contribution in [2.75, 3.05) is 25.9 Å². The van der Waals surface area contributed by atoms with Crippen LogP contribution < -0.4 is 10.6 Å². The molecule has 0 atom stereocenters. The number of amides is 1. The molecule has 0 aliphatic carbocycles. The molecule has 0 spiro atoms. The quantitative estimate of drug-likeness (QED) is 0.497. The Morgan fingerprint density at radius 1 is 1.44 bits per heavy atom. The molecule has 0 unspecified atom stereocenters. The Morgan fingerprint density at radius 2 is 2.06 bits per heavy atom. The average Bonchev–Trinajstić information content (AvgIpc) is 2.32. The van der Waals surface area contributed by atoms with Gasteiger partial charge < -0.3 is 5.32 Å². The maximum absolute atomic E-state index is 11.5. The third-order valence-electron chi connectivity index (χ3n) is 2.84. The first-order valence-corrected chi connectivity index (χ1v) is 6.82. The van der Waals surface area contributed by atoms with E-state index >= 15 is 0 Å². The molecule has 0 aliphatic heterocycles. The molecule has 4 heteroatoms. The molecule has 0 aromatic heterocycles. The summed E-state index contributed by atoms with van der Waals surface area (Å²) in [6, 6.07) is 0. The Balaban J connectivity index is 3.93. The molecular weight excluding hydrogens is 220 g/mol. The molecule has 0 heterocycles. The van der Waals surface area contributed by atoms with Crippen molar-refractivity contribution < 1.29 is 4.79 Å². The van der Waals surface area contributed by atoms with Gasteiger partial charge in [-0.05, 0) is 19.1 Å². The van der Waals surface area contributed by atoms with Gasteiger partial charge in [0.2, 0.25) is 5.91 Å². The second-order valence-corrected chi connectivity index (χ2v) is 4.95. The minimum absolute atomic E-state index is 0.00979. The summed E-state index contributed by atoms with van der Waals surface area (Å²) in [5.74, 6) is 2.44. The molecule has 0 aromatic carbocycles. The van der Waals surface area contributed by atoms with E-state index in [9.17, 15) is 4.79 Å². The van der Waals surface area contributed by atoms with Crippen molar-refractivity contribution in [2.45, 2.75) is 31.4 Å². The standard InChI is InChI=1S/C12H22N2OS/c1-5-8-13-9-11(15)14-10-12(6-2,7-3)16-4/h1,13H,6-10H2,2-4H3,(H,14,15). The lowest BCUT2D eigenvalue weighted by Gasteiger charge is -2.29. The summed E-state index contributed by atoms with van der Waals surface area (Å²) in [4.78, 5) is 11.5. The third-order valence-corrected chi connectivity index (χ3v) is 4.43. The highest BCUT2D eigenvalue weighted by molar-refractivity contribution is 8.00. The highest BCUT2D eigenvalue weighted by Crippen LogP contribution is 2.29. The Labute approximate surface area is 103 Å². The molecule has 0 saturated heterocycles. The third kappa shape index (κ3) is 5.43. The lowest BCUT2D eigenvalue weighted by atomic mass is 10.0. The molecule has 1 amide bonds. The molecule has 0 aliphatic rings. The van der Waals surface area contributed by atoms with Crippen molar-refractivity contribution in [1.82, 2.24) is 10.6 Å². The maximum Gasteiger partial charge on any atom is 0.234 e.